The first-order valence-corrected chi connectivity index (χ1v) is 24.2. The van der Waals surface area contributed by atoms with Crippen molar-refractivity contribution in [3.05, 3.63) is 247 Å². The Hall–Kier alpha value is -9.06. The number of hydrogen-bond acceptors (Lipinski definition) is 4. The van der Waals surface area contributed by atoms with Crippen LogP contribution in [0.3, 0.4) is 0 Å². The lowest BCUT2D eigenvalue weighted by Gasteiger charge is -2.17. The van der Waals surface area contributed by atoms with Crippen molar-refractivity contribution in [3.8, 4) is 95.7 Å². The van der Waals surface area contributed by atoms with Crippen molar-refractivity contribution in [1.82, 2.24) is 24.5 Å². The second-order valence-electron chi connectivity index (χ2n) is 18.7. The van der Waals surface area contributed by atoms with Crippen LogP contribution in [-0.2, 0) is 0 Å². The van der Waals surface area contributed by atoms with Crippen LogP contribution in [0.4, 0.5) is 0 Å². The summed E-state index contributed by atoms with van der Waals surface area (Å²) in [5.41, 5.74) is 21.8. The minimum atomic E-state index is 0.605. The number of aryl methyl sites for hydroxylation is 4. The number of benzene rings is 9. The van der Waals surface area contributed by atoms with Crippen molar-refractivity contribution in [2.24, 2.45) is 0 Å². The lowest BCUT2D eigenvalue weighted by Crippen LogP contribution is -2.03. The number of aromatic nitrogens is 5. The smallest absolute Gasteiger partial charge is 0.162 e. The Bertz CT molecular complexity index is 3690. The van der Waals surface area contributed by atoms with Crippen LogP contribution in [0.15, 0.2) is 224 Å². The molecule has 5 nitrogen and oxygen atoms in total. The molecule has 0 aliphatic carbocycles. The van der Waals surface area contributed by atoms with Crippen LogP contribution >= 0.6 is 0 Å². The third kappa shape index (κ3) is 8.49. The molecule has 71 heavy (non-hydrogen) atoms. The first-order chi connectivity index (χ1) is 34.8. The van der Waals surface area contributed by atoms with Crippen LogP contribution in [-0.4, -0.2) is 24.5 Å². The van der Waals surface area contributed by atoms with Crippen LogP contribution in [0.2, 0.25) is 0 Å². The van der Waals surface area contributed by atoms with E-state index in [-0.39, 0.29) is 0 Å². The average Bonchev–Trinajstić information content (AvgIpc) is 3.73. The molecule has 0 atom stereocenters. The normalized spacial score (nSPS) is 11.4. The van der Waals surface area contributed by atoms with Gasteiger partial charge in [-0.2, -0.15) is 0 Å². The van der Waals surface area contributed by atoms with E-state index in [2.05, 4.69) is 220 Å². The van der Waals surface area contributed by atoms with Gasteiger partial charge in [0.1, 0.15) is 0 Å². The Labute approximate surface area is 414 Å². The fourth-order valence-electron chi connectivity index (χ4n) is 10.1. The van der Waals surface area contributed by atoms with Crippen molar-refractivity contribution in [2.45, 2.75) is 27.7 Å². The summed E-state index contributed by atoms with van der Waals surface area (Å²) in [5.74, 6) is 1.26. The fourth-order valence-corrected chi connectivity index (χ4v) is 10.1. The molecule has 0 fully saturated rings. The highest BCUT2D eigenvalue weighted by Gasteiger charge is 2.22. The van der Waals surface area contributed by atoms with Gasteiger partial charge in [-0.05, 0) is 86.3 Å². The predicted octanol–water partition coefficient (Wildman–Crippen LogP) is 16.9. The molecule has 0 unspecified atom stereocenters. The molecule has 0 aliphatic rings. The van der Waals surface area contributed by atoms with Gasteiger partial charge in [0.2, 0.25) is 0 Å². The number of fused-ring (bicyclic) bond motifs is 3. The Kier molecular flexibility index (Phi) is 11.0. The van der Waals surface area contributed by atoms with E-state index >= 15 is 0 Å². The summed E-state index contributed by atoms with van der Waals surface area (Å²) in [6.07, 6.45) is 0. The van der Waals surface area contributed by atoms with Gasteiger partial charge in [-0.1, -0.05) is 210 Å². The molecule has 0 radical (unpaired) electrons. The third-order valence-electron chi connectivity index (χ3n) is 13.3. The molecule has 0 saturated heterocycles. The van der Waals surface area contributed by atoms with E-state index in [0.717, 1.165) is 94.8 Å². The zero-order chi connectivity index (χ0) is 48.0. The van der Waals surface area contributed by atoms with Crippen LogP contribution in [0.1, 0.15) is 22.3 Å². The van der Waals surface area contributed by atoms with Gasteiger partial charge in [-0.15, -0.1) is 0 Å². The molecule has 0 amide bonds. The van der Waals surface area contributed by atoms with Gasteiger partial charge in [0.05, 0.1) is 39.5 Å². The maximum absolute atomic E-state index is 5.51. The lowest BCUT2D eigenvalue weighted by atomic mass is 9.98. The van der Waals surface area contributed by atoms with Gasteiger partial charge >= 0.3 is 0 Å². The number of nitrogens with zero attached hydrogens (tertiary/aromatic N) is 5. The van der Waals surface area contributed by atoms with Gasteiger partial charge in [-0.25, -0.2) is 19.9 Å². The lowest BCUT2D eigenvalue weighted by molar-refractivity contribution is 1.13. The molecular weight excluding hydrogens is 863 g/mol. The van der Waals surface area contributed by atoms with Crippen molar-refractivity contribution in [2.75, 3.05) is 0 Å². The average molecular weight is 912 g/mol. The van der Waals surface area contributed by atoms with Crippen molar-refractivity contribution >= 4 is 21.8 Å². The number of hydrogen-bond donors (Lipinski definition) is 0. The summed E-state index contributed by atoms with van der Waals surface area (Å²) in [6.45, 7) is 8.69. The molecule has 5 heteroatoms. The Balaban J connectivity index is 1.18. The van der Waals surface area contributed by atoms with Gasteiger partial charge in [0.25, 0.3) is 0 Å². The standard InChI is InChI=1S/C66H49N5/c1-42-31-43(2)34-53(33-42)50-25-28-55-56-29-26-51(54-35-44(3)32-45(4)36-54)39-64(56)71(63(55)38-50)62-30-27-52(61-41-58(46-17-9-5-10-18-46)67-65(68-61)49-23-15-8-16-24-49)37-57(62)66-69-59(47-19-11-6-12-20-47)40-60(70-66)48-21-13-7-14-22-48/h5-41H,1-4H3. The minimum Gasteiger partial charge on any atom is -0.308 e. The summed E-state index contributed by atoms with van der Waals surface area (Å²) in [4.78, 5) is 21.5. The Morgan fingerprint density at radius 3 is 1.06 bits per heavy atom. The highest BCUT2D eigenvalue weighted by atomic mass is 15.0. The van der Waals surface area contributed by atoms with Gasteiger partial charge in [0.15, 0.2) is 11.6 Å². The molecule has 9 aromatic carbocycles. The Morgan fingerprint density at radius 2 is 0.634 bits per heavy atom. The van der Waals surface area contributed by atoms with Crippen molar-refractivity contribution in [3.63, 3.8) is 0 Å². The van der Waals surface area contributed by atoms with E-state index in [9.17, 15) is 0 Å². The first-order valence-electron chi connectivity index (χ1n) is 24.2. The molecular formula is C66H49N5. The maximum Gasteiger partial charge on any atom is 0.162 e. The van der Waals surface area contributed by atoms with Crippen LogP contribution in [0, 0.1) is 27.7 Å². The molecule has 3 heterocycles. The minimum absolute atomic E-state index is 0.605. The van der Waals surface area contributed by atoms with Gasteiger partial charge in [-0.3, -0.25) is 0 Å². The molecule has 0 bridgehead atoms. The summed E-state index contributed by atoms with van der Waals surface area (Å²) >= 11 is 0. The van der Waals surface area contributed by atoms with E-state index in [4.69, 9.17) is 19.9 Å². The topological polar surface area (TPSA) is 56.5 Å². The van der Waals surface area contributed by atoms with E-state index in [1.807, 2.05) is 36.4 Å². The third-order valence-corrected chi connectivity index (χ3v) is 13.3. The molecule has 0 aliphatic heterocycles. The highest BCUT2D eigenvalue weighted by molar-refractivity contribution is 6.11. The molecule has 0 spiro atoms. The first kappa shape index (κ1) is 43.2. The molecule has 338 valence electrons. The summed E-state index contributed by atoms with van der Waals surface area (Å²) in [6, 6.07) is 79.7. The van der Waals surface area contributed by atoms with E-state index in [1.165, 1.54) is 33.4 Å². The largest absolute Gasteiger partial charge is 0.308 e. The van der Waals surface area contributed by atoms with E-state index in [0.29, 0.717) is 11.6 Å². The van der Waals surface area contributed by atoms with E-state index in [1.54, 1.807) is 0 Å². The molecule has 12 rings (SSSR count). The summed E-state index contributed by atoms with van der Waals surface area (Å²) < 4.78 is 2.44. The van der Waals surface area contributed by atoms with Crippen LogP contribution < -0.4 is 0 Å². The van der Waals surface area contributed by atoms with Crippen molar-refractivity contribution in [1.29, 1.82) is 0 Å². The quantitative estimate of drug-likeness (QED) is 0.145. The van der Waals surface area contributed by atoms with Gasteiger partial charge < -0.3 is 4.57 Å². The molecule has 0 N–H and O–H groups in total. The fraction of sp³-hybridized carbons (Fsp3) is 0.0606. The zero-order valence-electron chi connectivity index (χ0n) is 40.1. The maximum atomic E-state index is 5.51. The zero-order valence-corrected chi connectivity index (χ0v) is 40.1. The van der Waals surface area contributed by atoms with Crippen LogP contribution in [0.5, 0.6) is 0 Å². The monoisotopic (exact) mass is 911 g/mol. The molecule has 0 saturated carbocycles. The summed E-state index contributed by atoms with van der Waals surface area (Å²) in [7, 11) is 0. The SMILES string of the molecule is Cc1cc(C)cc(-c2ccc3c4ccc(-c5cc(C)cc(C)c5)cc4n(-c4ccc(-c5cc(-c6ccccc6)nc(-c6ccccc6)n5)cc4-c4nc(-c5ccccc5)cc(-c5ccccc5)n4)c3c2)c1. The number of rotatable bonds is 9. The molecule has 3 aromatic heterocycles. The molecule has 12 aromatic rings. The second-order valence-corrected chi connectivity index (χ2v) is 18.7. The highest BCUT2D eigenvalue weighted by Crippen LogP contribution is 2.42. The summed E-state index contributed by atoms with van der Waals surface area (Å²) in [5, 5.41) is 2.32. The van der Waals surface area contributed by atoms with Gasteiger partial charge in [0, 0.05) is 44.2 Å². The van der Waals surface area contributed by atoms with Crippen molar-refractivity contribution < 1.29 is 0 Å². The van der Waals surface area contributed by atoms with Crippen LogP contribution in [0.25, 0.3) is 118 Å². The second kappa shape index (κ2) is 18.1. The Morgan fingerprint density at radius 1 is 0.268 bits per heavy atom. The van der Waals surface area contributed by atoms with E-state index < -0.39 is 0 Å². The predicted molar refractivity (Wildman–Crippen MR) is 294 cm³/mol.